The Bertz CT molecular complexity index is 328. The predicted octanol–water partition coefficient (Wildman–Crippen LogP) is 0.315. The normalized spacial score (nSPS) is 11.9. The number of nitrogens with zero attached hydrogens (tertiary/aromatic N) is 1. The third kappa shape index (κ3) is 5.28. The fourth-order valence-corrected chi connectivity index (χ4v) is 1.08. The van der Waals surface area contributed by atoms with Crippen molar-refractivity contribution in [1.29, 1.82) is 0 Å². The maximum Gasteiger partial charge on any atom is 0.407 e. The van der Waals surface area contributed by atoms with Gasteiger partial charge < -0.3 is 19.9 Å². The summed E-state index contributed by atoms with van der Waals surface area (Å²) >= 11 is 0. The fourth-order valence-electron chi connectivity index (χ4n) is 1.08. The van der Waals surface area contributed by atoms with Gasteiger partial charge in [-0.05, 0) is 12.1 Å². The van der Waals surface area contributed by atoms with Crippen molar-refractivity contribution >= 4 is 6.09 Å². The average molecular weight is 240 g/mol. The molecule has 0 aliphatic heterocycles. The number of amides is 1. The number of methoxy groups -OCH3 is 1. The Balaban J connectivity index is 2.22. The van der Waals surface area contributed by atoms with Gasteiger partial charge in [0.2, 0.25) is 0 Å². The van der Waals surface area contributed by atoms with Crippen molar-refractivity contribution in [3.8, 4) is 0 Å². The maximum absolute atomic E-state index is 11.3. The van der Waals surface area contributed by atoms with E-state index in [4.69, 9.17) is 14.6 Å². The highest BCUT2D eigenvalue weighted by Gasteiger charge is 2.09. The van der Waals surface area contributed by atoms with Crippen LogP contribution in [0.4, 0.5) is 4.79 Å². The van der Waals surface area contributed by atoms with E-state index < -0.39 is 12.2 Å². The van der Waals surface area contributed by atoms with Crippen LogP contribution >= 0.6 is 0 Å². The molecule has 0 saturated carbocycles. The number of alkyl carbamates (subject to hydrolysis) is 1. The number of hydrogen-bond acceptors (Lipinski definition) is 5. The Morgan fingerprint density at radius 1 is 1.59 bits per heavy atom. The van der Waals surface area contributed by atoms with E-state index in [2.05, 4.69) is 10.3 Å². The van der Waals surface area contributed by atoms with E-state index in [0.29, 0.717) is 6.54 Å². The molecule has 1 unspecified atom stereocenters. The molecule has 0 fully saturated rings. The summed E-state index contributed by atoms with van der Waals surface area (Å²) in [6.07, 6.45) is 0.594. The molecule has 1 rings (SSSR count). The molecule has 0 bridgehead atoms. The predicted molar refractivity (Wildman–Crippen MR) is 60.3 cm³/mol. The molecule has 1 atom stereocenters. The Hall–Kier alpha value is -1.66. The van der Waals surface area contributed by atoms with Crippen LogP contribution in [0.5, 0.6) is 0 Å². The molecule has 0 spiro atoms. The van der Waals surface area contributed by atoms with Crippen molar-refractivity contribution in [3.63, 3.8) is 0 Å². The number of aliphatic hydroxyl groups is 1. The van der Waals surface area contributed by atoms with Gasteiger partial charge in [-0.2, -0.15) is 0 Å². The minimum atomic E-state index is -0.564. The summed E-state index contributed by atoms with van der Waals surface area (Å²) in [4.78, 5) is 15.3. The summed E-state index contributed by atoms with van der Waals surface area (Å²) in [6, 6.07) is 5.43. The number of aliphatic hydroxyl groups excluding tert-OH is 1. The van der Waals surface area contributed by atoms with Gasteiger partial charge in [0.25, 0.3) is 0 Å². The van der Waals surface area contributed by atoms with Gasteiger partial charge in [0.1, 0.15) is 12.7 Å². The van der Waals surface area contributed by atoms with E-state index in [9.17, 15) is 4.79 Å². The lowest BCUT2D eigenvalue weighted by molar-refractivity contribution is 0.00167. The standard InChI is InChI=1S/C11H16N2O4/c1-16-10(7-14)8-17-11(15)13-6-9-4-2-3-5-12-9/h2-5,10,14H,6-8H2,1H3,(H,13,15). The van der Waals surface area contributed by atoms with Crippen LogP contribution in [0.2, 0.25) is 0 Å². The average Bonchev–Trinajstić information content (AvgIpc) is 2.39. The van der Waals surface area contributed by atoms with E-state index in [1.54, 1.807) is 18.3 Å². The molecule has 2 N–H and O–H groups in total. The zero-order valence-corrected chi connectivity index (χ0v) is 9.63. The van der Waals surface area contributed by atoms with Gasteiger partial charge in [0.15, 0.2) is 0 Å². The van der Waals surface area contributed by atoms with Crippen LogP contribution in [0.3, 0.4) is 0 Å². The highest BCUT2D eigenvalue weighted by Crippen LogP contribution is 1.94. The lowest BCUT2D eigenvalue weighted by Gasteiger charge is -2.12. The number of carbonyl (C=O) groups is 1. The van der Waals surface area contributed by atoms with Gasteiger partial charge in [-0.3, -0.25) is 4.98 Å². The number of aromatic nitrogens is 1. The van der Waals surface area contributed by atoms with Crippen molar-refractivity contribution in [1.82, 2.24) is 10.3 Å². The molecule has 0 aliphatic rings. The minimum absolute atomic E-state index is 0.0149. The fraction of sp³-hybridized carbons (Fsp3) is 0.455. The molecule has 0 radical (unpaired) electrons. The molecule has 0 aliphatic carbocycles. The number of rotatable bonds is 6. The highest BCUT2D eigenvalue weighted by atomic mass is 16.6. The van der Waals surface area contributed by atoms with Crippen molar-refractivity contribution in [3.05, 3.63) is 30.1 Å². The number of nitrogens with one attached hydrogen (secondary N) is 1. The molecule has 0 aromatic carbocycles. The lowest BCUT2D eigenvalue weighted by Crippen LogP contribution is -2.30. The molecule has 94 valence electrons. The van der Waals surface area contributed by atoms with Crippen LogP contribution in [-0.2, 0) is 16.0 Å². The molecule has 1 heterocycles. The zero-order chi connectivity index (χ0) is 12.5. The Morgan fingerprint density at radius 2 is 2.41 bits per heavy atom. The van der Waals surface area contributed by atoms with Crippen molar-refractivity contribution in [2.75, 3.05) is 20.3 Å². The first-order valence-electron chi connectivity index (χ1n) is 5.20. The number of ether oxygens (including phenoxy) is 2. The second kappa shape index (κ2) is 7.59. The van der Waals surface area contributed by atoms with Gasteiger partial charge in [-0.1, -0.05) is 6.07 Å². The van der Waals surface area contributed by atoms with E-state index in [1.165, 1.54) is 7.11 Å². The highest BCUT2D eigenvalue weighted by molar-refractivity contribution is 5.67. The first-order valence-corrected chi connectivity index (χ1v) is 5.20. The summed E-state index contributed by atoms with van der Waals surface area (Å²) in [5, 5.41) is 11.3. The first-order chi connectivity index (χ1) is 8.26. The van der Waals surface area contributed by atoms with Crippen molar-refractivity contribution in [2.45, 2.75) is 12.6 Å². The molecule has 1 amide bonds. The second-order valence-electron chi connectivity index (χ2n) is 3.31. The monoisotopic (exact) mass is 240 g/mol. The van der Waals surface area contributed by atoms with Crippen molar-refractivity contribution in [2.24, 2.45) is 0 Å². The van der Waals surface area contributed by atoms with Gasteiger partial charge in [0, 0.05) is 13.3 Å². The molecule has 1 aromatic heterocycles. The molecular formula is C11H16N2O4. The van der Waals surface area contributed by atoms with E-state index in [0.717, 1.165) is 5.69 Å². The SMILES string of the molecule is COC(CO)COC(=O)NCc1ccccn1. The summed E-state index contributed by atoms with van der Waals surface area (Å²) < 4.78 is 9.69. The lowest BCUT2D eigenvalue weighted by atomic mass is 10.3. The van der Waals surface area contributed by atoms with Crippen LogP contribution in [0.25, 0.3) is 0 Å². The zero-order valence-electron chi connectivity index (χ0n) is 9.63. The van der Waals surface area contributed by atoms with Gasteiger partial charge in [0.05, 0.1) is 18.8 Å². The van der Waals surface area contributed by atoms with E-state index >= 15 is 0 Å². The van der Waals surface area contributed by atoms with Crippen LogP contribution in [-0.4, -0.2) is 42.6 Å². The van der Waals surface area contributed by atoms with Crippen LogP contribution < -0.4 is 5.32 Å². The molecule has 0 saturated heterocycles. The summed E-state index contributed by atoms with van der Waals surface area (Å²) in [5.41, 5.74) is 0.745. The topological polar surface area (TPSA) is 80.7 Å². The van der Waals surface area contributed by atoms with Crippen LogP contribution in [0.15, 0.2) is 24.4 Å². The molecule has 1 aromatic rings. The van der Waals surface area contributed by atoms with E-state index in [-0.39, 0.29) is 13.2 Å². The van der Waals surface area contributed by atoms with Gasteiger partial charge in [-0.25, -0.2) is 4.79 Å². The minimum Gasteiger partial charge on any atom is -0.447 e. The smallest absolute Gasteiger partial charge is 0.407 e. The third-order valence-electron chi connectivity index (χ3n) is 2.08. The summed E-state index contributed by atoms with van der Waals surface area (Å²) in [6.45, 7) is 0.127. The molecule has 6 heteroatoms. The van der Waals surface area contributed by atoms with Crippen LogP contribution in [0, 0.1) is 0 Å². The molecule has 17 heavy (non-hydrogen) atoms. The number of hydrogen-bond donors (Lipinski definition) is 2. The third-order valence-corrected chi connectivity index (χ3v) is 2.08. The van der Waals surface area contributed by atoms with Crippen molar-refractivity contribution < 1.29 is 19.4 Å². The Labute approximate surface area is 99.6 Å². The molecular weight excluding hydrogens is 224 g/mol. The second-order valence-corrected chi connectivity index (χ2v) is 3.31. The largest absolute Gasteiger partial charge is 0.447 e. The Kier molecular flexibility index (Phi) is 5.98. The summed E-state index contributed by atoms with van der Waals surface area (Å²) in [5.74, 6) is 0. The number of carbonyl (C=O) groups excluding carboxylic acids is 1. The summed E-state index contributed by atoms with van der Waals surface area (Å²) in [7, 11) is 1.44. The van der Waals surface area contributed by atoms with Gasteiger partial charge in [-0.15, -0.1) is 0 Å². The molecule has 6 nitrogen and oxygen atoms in total. The maximum atomic E-state index is 11.3. The first kappa shape index (κ1) is 13.4. The number of pyridine rings is 1. The van der Waals surface area contributed by atoms with E-state index in [1.807, 2.05) is 6.07 Å². The van der Waals surface area contributed by atoms with Gasteiger partial charge >= 0.3 is 6.09 Å². The quantitative estimate of drug-likeness (QED) is 0.748. The Morgan fingerprint density at radius 3 is 3.00 bits per heavy atom. The van der Waals surface area contributed by atoms with Crippen LogP contribution in [0.1, 0.15) is 5.69 Å².